The van der Waals surface area contributed by atoms with Crippen LogP contribution in [0, 0.1) is 11.8 Å². The Labute approximate surface area is 154 Å². The van der Waals surface area contributed by atoms with E-state index < -0.39 is 5.60 Å². The fourth-order valence-corrected chi connectivity index (χ4v) is 4.72. The molecule has 2 N–H and O–H groups in total. The first-order valence-corrected chi connectivity index (χ1v) is 9.31. The van der Waals surface area contributed by atoms with Crippen LogP contribution in [0.25, 0.3) is 0 Å². The van der Waals surface area contributed by atoms with Gasteiger partial charge in [0.25, 0.3) is 0 Å². The van der Waals surface area contributed by atoms with Crippen LogP contribution < -0.4 is 0 Å². The van der Waals surface area contributed by atoms with Gasteiger partial charge < -0.3 is 10.2 Å². The van der Waals surface area contributed by atoms with Gasteiger partial charge in [0, 0.05) is 18.7 Å². The lowest BCUT2D eigenvalue weighted by Crippen LogP contribution is -2.39. The van der Waals surface area contributed by atoms with Crippen molar-refractivity contribution in [2.75, 3.05) is 13.1 Å². The number of fused-ring (bicyclic) bond motifs is 1. The van der Waals surface area contributed by atoms with Crippen LogP contribution in [0.5, 0.6) is 5.75 Å². The van der Waals surface area contributed by atoms with Crippen molar-refractivity contribution in [2.45, 2.75) is 31.4 Å². The van der Waals surface area contributed by atoms with Crippen molar-refractivity contribution in [3.63, 3.8) is 0 Å². The normalized spacial score (nSPS) is 29.5. The maximum Gasteiger partial charge on any atom is 0.179 e. The van der Waals surface area contributed by atoms with Crippen LogP contribution >= 0.6 is 0 Å². The molecule has 1 saturated heterocycles. The van der Waals surface area contributed by atoms with Crippen molar-refractivity contribution >= 4 is 5.78 Å². The van der Waals surface area contributed by atoms with Crippen molar-refractivity contribution < 1.29 is 15.0 Å². The summed E-state index contributed by atoms with van der Waals surface area (Å²) in [6.45, 7) is 3.66. The van der Waals surface area contributed by atoms with E-state index in [1.807, 2.05) is 37.3 Å². The van der Waals surface area contributed by atoms with Crippen LogP contribution in [-0.4, -0.2) is 40.0 Å². The van der Waals surface area contributed by atoms with E-state index in [0.717, 1.165) is 31.5 Å². The molecule has 4 nitrogen and oxygen atoms in total. The molecule has 1 aliphatic heterocycles. The predicted octanol–water partition coefficient (Wildman–Crippen LogP) is 3.19. The second-order valence-corrected chi connectivity index (χ2v) is 7.87. The van der Waals surface area contributed by atoms with E-state index in [-0.39, 0.29) is 17.6 Å². The van der Waals surface area contributed by atoms with Gasteiger partial charge in [-0.15, -0.1) is 0 Å². The summed E-state index contributed by atoms with van der Waals surface area (Å²) in [4.78, 5) is 15.0. The molecule has 2 aliphatic rings. The zero-order valence-corrected chi connectivity index (χ0v) is 15.0. The maximum absolute atomic E-state index is 12.7. The van der Waals surface area contributed by atoms with E-state index in [1.165, 1.54) is 0 Å². The molecule has 2 aromatic carbocycles. The van der Waals surface area contributed by atoms with Crippen LogP contribution in [-0.2, 0) is 5.60 Å². The number of aromatic hydroxyl groups is 1. The summed E-state index contributed by atoms with van der Waals surface area (Å²) in [5.41, 5.74) is 0.912. The lowest BCUT2D eigenvalue weighted by molar-refractivity contribution is 0.0297. The van der Waals surface area contributed by atoms with Gasteiger partial charge in [0.05, 0.1) is 11.6 Å². The quantitative estimate of drug-likeness (QED) is 0.831. The number of phenols is 1. The average molecular weight is 351 g/mol. The SMILES string of the molecule is CC(C(=O)c1ccc(O)cc1)N1CC2CC(O)(c3ccccc3)CC2C1. The number of carbonyl (C=O) groups is 1. The van der Waals surface area contributed by atoms with E-state index in [2.05, 4.69) is 4.90 Å². The van der Waals surface area contributed by atoms with Gasteiger partial charge in [0.2, 0.25) is 0 Å². The first kappa shape index (κ1) is 17.3. The minimum atomic E-state index is -0.729. The van der Waals surface area contributed by atoms with Gasteiger partial charge in [0.1, 0.15) is 5.75 Å². The fourth-order valence-electron chi connectivity index (χ4n) is 4.72. The van der Waals surface area contributed by atoms with Crippen LogP contribution in [0.2, 0.25) is 0 Å². The molecule has 1 heterocycles. The Morgan fingerprint density at radius 2 is 1.62 bits per heavy atom. The Morgan fingerprint density at radius 1 is 1.04 bits per heavy atom. The van der Waals surface area contributed by atoms with Crippen LogP contribution in [0.3, 0.4) is 0 Å². The highest BCUT2D eigenvalue weighted by Crippen LogP contribution is 2.49. The van der Waals surface area contributed by atoms with Crippen LogP contribution in [0.15, 0.2) is 54.6 Å². The van der Waals surface area contributed by atoms with Crippen molar-refractivity contribution in [1.82, 2.24) is 4.90 Å². The fraction of sp³-hybridized carbons (Fsp3) is 0.409. The Hall–Kier alpha value is -2.17. The van der Waals surface area contributed by atoms with E-state index in [0.29, 0.717) is 17.4 Å². The number of aliphatic hydroxyl groups is 1. The average Bonchev–Trinajstić information content (AvgIpc) is 3.18. The van der Waals surface area contributed by atoms with E-state index >= 15 is 0 Å². The standard InChI is InChI=1S/C22H25NO3/c1-15(21(25)16-7-9-20(24)10-8-16)23-13-17-11-22(26,12-18(17)14-23)19-5-3-2-4-6-19/h2-10,15,17-18,24,26H,11-14H2,1H3. The number of rotatable bonds is 4. The number of nitrogens with zero attached hydrogens (tertiary/aromatic N) is 1. The number of Topliss-reactive ketones (excluding diaryl/α,β-unsaturated/α-hetero) is 1. The summed E-state index contributed by atoms with van der Waals surface area (Å²) in [6.07, 6.45) is 1.52. The summed E-state index contributed by atoms with van der Waals surface area (Å²) in [7, 11) is 0. The number of likely N-dealkylation sites (tertiary alicyclic amines) is 1. The first-order chi connectivity index (χ1) is 12.5. The highest BCUT2D eigenvalue weighted by atomic mass is 16.3. The third kappa shape index (κ3) is 3.04. The molecule has 0 spiro atoms. The largest absolute Gasteiger partial charge is 0.508 e. The molecule has 3 unspecified atom stereocenters. The van der Waals surface area contributed by atoms with Crippen molar-refractivity contribution in [2.24, 2.45) is 11.8 Å². The zero-order chi connectivity index (χ0) is 18.3. The number of benzene rings is 2. The molecular weight excluding hydrogens is 326 g/mol. The second kappa shape index (κ2) is 6.53. The molecule has 4 heteroatoms. The topological polar surface area (TPSA) is 60.8 Å². The highest BCUT2D eigenvalue weighted by molar-refractivity contribution is 5.99. The third-order valence-electron chi connectivity index (χ3n) is 6.19. The summed E-state index contributed by atoms with van der Waals surface area (Å²) < 4.78 is 0. The molecule has 26 heavy (non-hydrogen) atoms. The molecule has 1 saturated carbocycles. The number of ketones is 1. The van der Waals surface area contributed by atoms with Crippen molar-refractivity contribution in [1.29, 1.82) is 0 Å². The number of hydrogen-bond donors (Lipinski definition) is 2. The third-order valence-corrected chi connectivity index (χ3v) is 6.19. The summed E-state index contributed by atoms with van der Waals surface area (Å²) in [5.74, 6) is 1.11. The van der Waals surface area contributed by atoms with E-state index in [4.69, 9.17) is 0 Å². The second-order valence-electron chi connectivity index (χ2n) is 7.87. The minimum Gasteiger partial charge on any atom is -0.508 e. The summed E-state index contributed by atoms with van der Waals surface area (Å²) in [6, 6.07) is 16.2. The Balaban J connectivity index is 1.43. The van der Waals surface area contributed by atoms with Gasteiger partial charge in [-0.2, -0.15) is 0 Å². The molecule has 4 rings (SSSR count). The Kier molecular flexibility index (Phi) is 4.33. The smallest absolute Gasteiger partial charge is 0.179 e. The molecule has 2 fully saturated rings. The lowest BCUT2D eigenvalue weighted by atomic mass is 9.90. The number of carbonyl (C=O) groups excluding carboxylic acids is 1. The Morgan fingerprint density at radius 3 is 2.19 bits per heavy atom. The van der Waals surface area contributed by atoms with Crippen LogP contribution in [0.4, 0.5) is 0 Å². The molecule has 136 valence electrons. The van der Waals surface area contributed by atoms with Gasteiger partial charge in [-0.25, -0.2) is 0 Å². The van der Waals surface area contributed by atoms with Crippen molar-refractivity contribution in [3.05, 3.63) is 65.7 Å². The number of phenolic OH excluding ortho intramolecular Hbond substituents is 1. The zero-order valence-electron chi connectivity index (χ0n) is 15.0. The molecule has 0 radical (unpaired) electrons. The maximum atomic E-state index is 12.7. The van der Waals surface area contributed by atoms with Gasteiger partial charge in [-0.3, -0.25) is 9.69 Å². The molecule has 0 bridgehead atoms. The number of hydrogen-bond acceptors (Lipinski definition) is 4. The highest BCUT2D eigenvalue weighted by Gasteiger charge is 2.50. The molecular formula is C22H25NO3. The van der Waals surface area contributed by atoms with Crippen LogP contribution in [0.1, 0.15) is 35.7 Å². The van der Waals surface area contributed by atoms with Gasteiger partial charge in [-0.05, 0) is 61.4 Å². The van der Waals surface area contributed by atoms with Gasteiger partial charge in [-0.1, -0.05) is 30.3 Å². The van der Waals surface area contributed by atoms with E-state index in [1.54, 1.807) is 24.3 Å². The lowest BCUT2D eigenvalue weighted by Gasteiger charge is -2.28. The molecule has 2 aromatic rings. The molecule has 0 amide bonds. The minimum absolute atomic E-state index is 0.0864. The summed E-state index contributed by atoms with van der Waals surface area (Å²) in [5, 5.41) is 20.5. The first-order valence-electron chi connectivity index (χ1n) is 9.31. The Bertz CT molecular complexity index is 773. The molecule has 1 aliphatic carbocycles. The molecule has 3 atom stereocenters. The molecule has 0 aromatic heterocycles. The summed E-state index contributed by atoms with van der Waals surface area (Å²) >= 11 is 0. The van der Waals surface area contributed by atoms with Crippen molar-refractivity contribution in [3.8, 4) is 5.75 Å². The van der Waals surface area contributed by atoms with Gasteiger partial charge >= 0.3 is 0 Å². The monoisotopic (exact) mass is 351 g/mol. The van der Waals surface area contributed by atoms with Gasteiger partial charge in [0.15, 0.2) is 5.78 Å². The van der Waals surface area contributed by atoms with E-state index in [9.17, 15) is 15.0 Å². The predicted molar refractivity (Wildman–Crippen MR) is 100 cm³/mol.